The molecule has 0 saturated carbocycles. The Kier molecular flexibility index (Phi) is 4.50. The third-order valence-corrected chi connectivity index (χ3v) is 5.36. The number of nitrogens with one attached hydrogen (secondary N) is 1. The topological polar surface area (TPSA) is 80.2 Å². The zero-order chi connectivity index (χ0) is 19.8. The minimum atomic E-state index is -0.410. The number of para-hydroxylation sites is 1. The van der Waals surface area contributed by atoms with Crippen LogP contribution >= 0.6 is 0 Å². The summed E-state index contributed by atoms with van der Waals surface area (Å²) in [4.78, 5) is 34.0. The fourth-order valence-electron chi connectivity index (χ4n) is 3.87. The Bertz CT molecular complexity index is 1110. The Balaban J connectivity index is 1.76. The number of fused-ring (bicyclic) bond motifs is 3. The summed E-state index contributed by atoms with van der Waals surface area (Å²) in [6, 6.07) is 5.80. The largest absolute Gasteiger partial charge is 0.466 e. The molecule has 0 atom stereocenters. The molecule has 0 unspecified atom stereocenters. The van der Waals surface area contributed by atoms with Crippen molar-refractivity contribution in [3.05, 3.63) is 58.8 Å². The molecule has 4 rings (SSSR count). The highest BCUT2D eigenvalue weighted by atomic mass is 16.5. The molecule has 1 N–H and O–H groups in total. The molecule has 0 bridgehead atoms. The van der Waals surface area contributed by atoms with Crippen LogP contribution in [0.1, 0.15) is 33.0 Å². The number of aromatic amines is 1. The van der Waals surface area contributed by atoms with E-state index in [-0.39, 0.29) is 5.91 Å². The first kappa shape index (κ1) is 18.0. The van der Waals surface area contributed by atoms with E-state index in [1.807, 2.05) is 37.1 Å². The number of hydrogen-bond donors (Lipinski definition) is 1. The third kappa shape index (κ3) is 2.89. The van der Waals surface area contributed by atoms with Gasteiger partial charge in [-0.3, -0.25) is 4.79 Å². The maximum atomic E-state index is 13.3. The number of imidazole rings is 1. The van der Waals surface area contributed by atoms with E-state index in [4.69, 9.17) is 0 Å². The van der Waals surface area contributed by atoms with E-state index in [9.17, 15) is 9.59 Å². The fraction of sp³-hybridized carbons (Fsp3) is 0.286. The lowest BCUT2D eigenvalue weighted by molar-refractivity contribution is -0.134. The summed E-state index contributed by atoms with van der Waals surface area (Å²) in [6.07, 6.45) is 5.56. The van der Waals surface area contributed by atoms with Crippen LogP contribution in [0.15, 0.2) is 30.6 Å². The van der Waals surface area contributed by atoms with E-state index in [1.54, 1.807) is 12.4 Å². The van der Waals surface area contributed by atoms with Gasteiger partial charge in [0, 0.05) is 42.9 Å². The number of nitrogens with zero attached hydrogens (tertiary/aromatic N) is 3. The zero-order valence-corrected chi connectivity index (χ0v) is 16.2. The number of aromatic nitrogens is 3. The van der Waals surface area contributed by atoms with Crippen molar-refractivity contribution in [2.45, 2.75) is 19.9 Å². The van der Waals surface area contributed by atoms with Crippen molar-refractivity contribution in [3.8, 4) is 0 Å². The molecule has 144 valence electrons. The number of rotatable bonds is 4. The number of H-pyrrole nitrogens is 1. The second kappa shape index (κ2) is 6.99. The molecule has 0 aliphatic carbocycles. The number of ether oxygens (including phenoxy) is 1. The van der Waals surface area contributed by atoms with Gasteiger partial charge < -0.3 is 19.2 Å². The molecule has 7 heteroatoms. The number of carbonyl (C=O) groups excluding carboxylic acids is 2. The van der Waals surface area contributed by atoms with E-state index in [1.165, 1.54) is 13.2 Å². The monoisotopic (exact) mass is 378 g/mol. The molecular formula is C21H22N4O3. The van der Waals surface area contributed by atoms with Crippen LogP contribution in [-0.2, 0) is 29.5 Å². The molecule has 0 radical (unpaired) electrons. The van der Waals surface area contributed by atoms with E-state index in [2.05, 4.69) is 19.3 Å². The quantitative estimate of drug-likeness (QED) is 0.559. The molecular weight excluding hydrogens is 356 g/mol. The summed E-state index contributed by atoms with van der Waals surface area (Å²) in [5.74, 6) is -0.393. The van der Waals surface area contributed by atoms with Crippen molar-refractivity contribution in [1.82, 2.24) is 19.4 Å². The summed E-state index contributed by atoms with van der Waals surface area (Å²) in [6.45, 7) is 3.10. The van der Waals surface area contributed by atoms with Crippen LogP contribution in [0.25, 0.3) is 17.0 Å². The first-order valence-corrected chi connectivity index (χ1v) is 9.15. The zero-order valence-electron chi connectivity index (χ0n) is 16.2. The summed E-state index contributed by atoms with van der Waals surface area (Å²) < 4.78 is 6.75. The van der Waals surface area contributed by atoms with Gasteiger partial charge in [0.1, 0.15) is 0 Å². The highest BCUT2D eigenvalue weighted by molar-refractivity contribution is 6.11. The average Bonchev–Trinajstić information content (AvgIpc) is 3.23. The van der Waals surface area contributed by atoms with Gasteiger partial charge in [0.25, 0.3) is 5.91 Å². The molecule has 1 aromatic carbocycles. The summed E-state index contributed by atoms with van der Waals surface area (Å²) >= 11 is 0. The second-order valence-corrected chi connectivity index (χ2v) is 6.93. The summed E-state index contributed by atoms with van der Waals surface area (Å²) in [5, 5.41) is 0.901. The normalized spacial score (nSPS) is 14.1. The maximum absolute atomic E-state index is 13.3. The van der Waals surface area contributed by atoms with Crippen molar-refractivity contribution in [2.75, 3.05) is 13.7 Å². The van der Waals surface area contributed by atoms with Crippen molar-refractivity contribution < 1.29 is 14.3 Å². The molecule has 2 aromatic heterocycles. The lowest BCUT2D eigenvalue weighted by atomic mass is 10.0. The lowest BCUT2D eigenvalue weighted by Gasteiger charge is -2.27. The minimum Gasteiger partial charge on any atom is -0.466 e. The number of aryl methyl sites for hydroxylation is 2. The van der Waals surface area contributed by atoms with Crippen LogP contribution < -0.4 is 0 Å². The van der Waals surface area contributed by atoms with Crippen LogP contribution in [0, 0.1) is 6.92 Å². The van der Waals surface area contributed by atoms with Gasteiger partial charge in [-0.1, -0.05) is 18.2 Å². The van der Waals surface area contributed by atoms with Gasteiger partial charge in [-0.15, -0.1) is 0 Å². The van der Waals surface area contributed by atoms with Gasteiger partial charge in [0.2, 0.25) is 0 Å². The average molecular weight is 378 g/mol. The number of benzene rings is 1. The van der Waals surface area contributed by atoms with Gasteiger partial charge in [-0.2, -0.15) is 0 Å². The van der Waals surface area contributed by atoms with Crippen LogP contribution in [0.3, 0.4) is 0 Å². The minimum absolute atomic E-state index is 0.0170. The van der Waals surface area contributed by atoms with Crippen LogP contribution in [0.5, 0.6) is 0 Å². The maximum Gasteiger partial charge on any atom is 0.330 e. The molecule has 0 spiro atoms. The van der Waals surface area contributed by atoms with Crippen LogP contribution in [0.2, 0.25) is 0 Å². The molecule has 3 heterocycles. The smallest absolute Gasteiger partial charge is 0.330 e. The Labute approximate surface area is 162 Å². The van der Waals surface area contributed by atoms with Gasteiger partial charge in [-0.05, 0) is 18.6 Å². The SMILES string of the molecule is COC(=O)/C=C/c1cccc2c3c(n(C)c12)CCN(Cc1nc[nH]c1C)C3=O. The molecule has 1 aliphatic rings. The molecule has 1 amide bonds. The molecule has 3 aromatic rings. The lowest BCUT2D eigenvalue weighted by Crippen LogP contribution is -2.37. The Hall–Kier alpha value is -3.35. The van der Waals surface area contributed by atoms with Gasteiger partial charge in [-0.25, -0.2) is 9.78 Å². The van der Waals surface area contributed by atoms with Crippen molar-refractivity contribution >= 4 is 28.9 Å². The third-order valence-electron chi connectivity index (χ3n) is 5.36. The fourth-order valence-corrected chi connectivity index (χ4v) is 3.87. The predicted molar refractivity (Wildman–Crippen MR) is 106 cm³/mol. The Morgan fingerprint density at radius 1 is 1.39 bits per heavy atom. The number of hydrogen-bond acceptors (Lipinski definition) is 4. The summed E-state index contributed by atoms with van der Waals surface area (Å²) in [5.41, 5.74) is 5.45. The number of methoxy groups -OCH3 is 1. The van der Waals surface area contributed by atoms with Crippen LogP contribution in [0.4, 0.5) is 0 Å². The van der Waals surface area contributed by atoms with E-state index in [0.29, 0.717) is 13.1 Å². The van der Waals surface area contributed by atoms with E-state index < -0.39 is 5.97 Å². The van der Waals surface area contributed by atoms with Gasteiger partial charge in [0.05, 0.1) is 36.8 Å². The van der Waals surface area contributed by atoms with Crippen molar-refractivity contribution in [2.24, 2.45) is 7.05 Å². The molecule has 0 saturated heterocycles. The Morgan fingerprint density at radius 2 is 2.21 bits per heavy atom. The standard InChI is InChI=1S/C21H22N4O3/c1-13-16(23-12-22-13)11-25-10-9-17-19(21(25)27)15-6-4-5-14(20(15)24(17)2)7-8-18(26)28-3/h4-8,12H,9-11H2,1-3H3,(H,22,23)/b8-7+. The molecule has 1 aliphatic heterocycles. The predicted octanol–water partition coefficient (Wildman–Crippen LogP) is 2.59. The number of esters is 1. The van der Waals surface area contributed by atoms with Crippen LogP contribution in [-0.4, -0.2) is 45.0 Å². The molecule has 28 heavy (non-hydrogen) atoms. The van der Waals surface area contributed by atoms with Gasteiger partial charge >= 0.3 is 5.97 Å². The number of amides is 1. The summed E-state index contributed by atoms with van der Waals surface area (Å²) in [7, 11) is 3.32. The Morgan fingerprint density at radius 3 is 2.93 bits per heavy atom. The van der Waals surface area contributed by atoms with Gasteiger partial charge in [0.15, 0.2) is 0 Å². The molecule has 7 nitrogen and oxygen atoms in total. The van der Waals surface area contributed by atoms with E-state index in [0.717, 1.165) is 45.5 Å². The first-order valence-electron chi connectivity index (χ1n) is 9.15. The highest BCUT2D eigenvalue weighted by Crippen LogP contribution is 2.33. The van der Waals surface area contributed by atoms with Crippen molar-refractivity contribution in [1.29, 1.82) is 0 Å². The van der Waals surface area contributed by atoms with E-state index >= 15 is 0 Å². The molecule has 0 fully saturated rings. The van der Waals surface area contributed by atoms with Crippen molar-refractivity contribution in [3.63, 3.8) is 0 Å². The number of carbonyl (C=O) groups is 2. The second-order valence-electron chi connectivity index (χ2n) is 6.93. The highest BCUT2D eigenvalue weighted by Gasteiger charge is 2.30. The first-order chi connectivity index (χ1) is 13.5.